The second kappa shape index (κ2) is 4.74. The van der Waals surface area contributed by atoms with Crippen LogP contribution in [0.25, 0.3) is 17.0 Å². The van der Waals surface area contributed by atoms with Crippen molar-refractivity contribution in [1.29, 1.82) is 0 Å². The first-order valence-electron chi connectivity index (χ1n) is 5.37. The fourth-order valence-corrected chi connectivity index (χ4v) is 1.94. The largest absolute Gasteiger partial charge is 0.259 e. The lowest BCUT2D eigenvalue weighted by Gasteiger charge is -2.06. The number of benzene rings is 1. The van der Waals surface area contributed by atoms with Gasteiger partial charge in [0.05, 0.1) is 10.4 Å². The molecule has 0 amide bonds. The minimum atomic E-state index is -0.527. The second-order valence-corrected chi connectivity index (χ2v) is 4.41. The molecule has 0 aliphatic rings. The second-order valence-electron chi connectivity index (χ2n) is 4.05. The minimum Gasteiger partial charge on any atom is -0.259 e. The third-order valence-corrected chi connectivity index (χ3v) is 3.17. The van der Waals surface area contributed by atoms with E-state index < -0.39 is 4.92 Å². The molecule has 0 bridgehead atoms. The van der Waals surface area contributed by atoms with Gasteiger partial charge in [-0.3, -0.25) is 10.1 Å². The van der Waals surface area contributed by atoms with Crippen molar-refractivity contribution in [3.8, 4) is 0 Å². The number of fused-ring (bicyclic) bond motifs is 1. The third-order valence-electron chi connectivity index (χ3n) is 2.87. The summed E-state index contributed by atoms with van der Waals surface area (Å²) in [4.78, 5) is 14.1. The average Bonchev–Trinajstić information content (AvgIpc) is 2.32. The van der Waals surface area contributed by atoms with Crippen molar-refractivity contribution >= 4 is 28.6 Å². The molecule has 0 saturated heterocycles. The number of hydrogen-bond donors (Lipinski definition) is 0. The predicted molar refractivity (Wildman–Crippen MR) is 72.3 cm³/mol. The van der Waals surface area contributed by atoms with Gasteiger partial charge in [-0.1, -0.05) is 23.7 Å². The van der Waals surface area contributed by atoms with E-state index in [0.29, 0.717) is 5.56 Å². The lowest BCUT2D eigenvalue weighted by Crippen LogP contribution is -1.91. The van der Waals surface area contributed by atoms with Gasteiger partial charge in [0.25, 0.3) is 0 Å². The van der Waals surface area contributed by atoms with E-state index in [0.717, 1.165) is 28.2 Å². The van der Waals surface area contributed by atoms with E-state index in [4.69, 9.17) is 11.6 Å². The van der Waals surface area contributed by atoms with Crippen molar-refractivity contribution < 1.29 is 4.92 Å². The van der Waals surface area contributed by atoms with E-state index >= 15 is 0 Å². The van der Waals surface area contributed by atoms with Crippen molar-refractivity contribution in [3.05, 3.63) is 56.4 Å². The van der Waals surface area contributed by atoms with Crippen molar-refractivity contribution in [1.82, 2.24) is 4.98 Å². The highest BCUT2D eigenvalue weighted by Gasteiger charge is 2.07. The fraction of sp³-hybridized carbons (Fsp3) is 0.154. The van der Waals surface area contributed by atoms with E-state index in [1.54, 1.807) is 6.07 Å². The molecule has 92 valence electrons. The molecule has 1 aromatic carbocycles. The Morgan fingerprint density at radius 3 is 2.78 bits per heavy atom. The van der Waals surface area contributed by atoms with Crippen LogP contribution in [0.3, 0.4) is 0 Å². The summed E-state index contributed by atoms with van der Waals surface area (Å²) >= 11 is 6.03. The predicted octanol–water partition coefficient (Wildman–Crippen LogP) is 3.75. The summed E-state index contributed by atoms with van der Waals surface area (Å²) in [5.41, 5.74) is 3.58. The van der Waals surface area contributed by atoms with Gasteiger partial charge in [0.2, 0.25) is 6.20 Å². The molecule has 4 nitrogen and oxygen atoms in total. The van der Waals surface area contributed by atoms with Crippen LogP contribution in [0.4, 0.5) is 0 Å². The molecule has 0 saturated carbocycles. The number of nitro groups is 1. The van der Waals surface area contributed by atoms with Crippen LogP contribution in [0.2, 0.25) is 5.15 Å². The molecule has 1 aromatic heterocycles. The summed E-state index contributed by atoms with van der Waals surface area (Å²) in [5.74, 6) is 0. The smallest absolute Gasteiger partial charge is 0.235 e. The summed E-state index contributed by atoms with van der Waals surface area (Å²) in [6, 6.07) is 5.73. The molecule has 2 aromatic rings. The van der Waals surface area contributed by atoms with Gasteiger partial charge in [-0.05, 0) is 31.0 Å². The third kappa shape index (κ3) is 2.33. The molecule has 0 radical (unpaired) electrons. The molecule has 0 aliphatic carbocycles. The van der Waals surface area contributed by atoms with Crippen LogP contribution in [0.5, 0.6) is 0 Å². The molecule has 1 heterocycles. The molecular weight excluding hydrogens is 252 g/mol. The minimum absolute atomic E-state index is 0.273. The summed E-state index contributed by atoms with van der Waals surface area (Å²) < 4.78 is 0. The molecule has 5 heteroatoms. The van der Waals surface area contributed by atoms with E-state index in [9.17, 15) is 10.1 Å². The topological polar surface area (TPSA) is 56.0 Å². The van der Waals surface area contributed by atoms with Crippen LogP contribution in [0.15, 0.2) is 24.4 Å². The van der Waals surface area contributed by atoms with Gasteiger partial charge in [-0.2, -0.15) is 0 Å². The van der Waals surface area contributed by atoms with Crippen LogP contribution < -0.4 is 0 Å². The van der Waals surface area contributed by atoms with Gasteiger partial charge in [0, 0.05) is 17.0 Å². The first-order chi connectivity index (χ1) is 8.49. The number of aromatic nitrogens is 1. The number of pyridine rings is 1. The van der Waals surface area contributed by atoms with Crippen LogP contribution >= 0.6 is 11.6 Å². The molecule has 0 fully saturated rings. The van der Waals surface area contributed by atoms with E-state index in [-0.39, 0.29) is 5.15 Å². The Balaban J connectivity index is 2.63. The molecule has 0 spiro atoms. The maximum absolute atomic E-state index is 10.3. The molecule has 0 aliphatic heterocycles. The Kier molecular flexibility index (Phi) is 3.30. The van der Waals surface area contributed by atoms with Crippen molar-refractivity contribution in [3.63, 3.8) is 0 Å². The number of aryl methyl sites for hydroxylation is 2. The highest BCUT2D eigenvalue weighted by Crippen LogP contribution is 2.25. The number of rotatable bonds is 2. The van der Waals surface area contributed by atoms with Crippen LogP contribution in [-0.4, -0.2) is 9.91 Å². The highest BCUT2D eigenvalue weighted by molar-refractivity contribution is 6.31. The Morgan fingerprint density at radius 1 is 1.39 bits per heavy atom. The van der Waals surface area contributed by atoms with Gasteiger partial charge in [-0.15, -0.1) is 0 Å². The van der Waals surface area contributed by atoms with Gasteiger partial charge in [-0.25, -0.2) is 4.98 Å². The lowest BCUT2D eigenvalue weighted by atomic mass is 10.0. The van der Waals surface area contributed by atoms with Crippen LogP contribution in [0, 0.1) is 24.0 Å². The summed E-state index contributed by atoms with van der Waals surface area (Å²) in [6.45, 7) is 3.98. The molecule has 2 rings (SSSR count). The fourth-order valence-electron chi connectivity index (χ4n) is 1.73. The number of halogens is 1. The monoisotopic (exact) mass is 262 g/mol. The summed E-state index contributed by atoms with van der Waals surface area (Å²) in [7, 11) is 0. The molecule has 0 N–H and O–H groups in total. The molecule has 0 atom stereocenters. The number of hydrogen-bond acceptors (Lipinski definition) is 3. The van der Waals surface area contributed by atoms with E-state index in [1.165, 1.54) is 6.08 Å². The Hall–Kier alpha value is -1.94. The van der Waals surface area contributed by atoms with Crippen molar-refractivity contribution in [2.75, 3.05) is 0 Å². The Bertz CT molecular complexity index is 666. The van der Waals surface area contributed by atoms with Gasteiger partial charge >= 0.3 is 0 Å². The zero-order chi connectivity index (χ0) is 13.3. The maximum atomic E-state index is 10.3. The standard InChI is InChI=1S/C13H11ClN2O2/c1-8-3-4-10-7-11(5-6-16(17)18)13(14)15-12(10)9(8)2/h3-7H,1-2H3/b6-5+. The SMILES string of the molecule is Cc1ccc2cc(/C=C/[N+](=O)[O-])c(Cl)nc2c1C. The molecule has 0 unspecified atom stereocenters. The first kappa shape index (κ1) is 12.5. The van der Waals surface area contributed by atoms with E-state index in [2.05, 4.69) is 4.98 Å². The zero-order valence-corrected chi connectivity index (χ0v) is 10.7. The maximum Gasteiger partial charge on any atom is 0.235 e. The Labute approximate surface area is 109 Å². The Morgan fingerprint density at radius 2 is 2.11 bits per heavy atom. The average molecular weight is 263 g/mol. The quantitative estimate of drug-likeness (QED) is 0.470. The van der Waals surface area contributed by atoms with Crippen molar-refractivity contribution in [2.45, 2.75) is 13.8 Å². The molecule has 18 heavy (non-hydrogen) atoms. The van der Waals surface area contributed by atoms with Gasteiger partial charge in [0.15, 0.2) is 0 Å². The normalized spacial score (nSPS) is 11.3. The number of nitrogens with zero attached hydrogens (tertiary/aromatic N) is 2. The summed E-state index contributed by atoms with van der Waals surface area (Å²) in [5, 5.41) is 11.5. The van der Waals surface area contributed by atoms with E-state index in [1.807, 2.05) is 26.0 Å². The van der Waals surface area contributed by atoms with Gasteiger partial charge in [0.1, 0.15) is 5.15 Å². The zero-order valence-electron chi connectivity index (χ0n) is 9.98. The highest BCUT2D eigenvalue weighted by atomic mass is 35.5. The molecular formula is C13H11ClN2O2. The lowest BCUT2D eigenvalue weighted by molar-refractivity contribution is -0.400. The first-order valence-corrected chi connectivity index (χ1v) is 5.75. The van der Waals surface area contributed by atoms with Crippen LogP contribution in [0.1, 0.15) is 16.7 Å². The van der Waals surface area contributed by atoms with Gasteiger partial charge < -0.3 is 0 Å². The van der Waals surface area contributed by atoms with Crippen molar-refractivity contribution in [2.24, 2.45) is 0 Å². The summed E-state index contributed by atoms with van der Waals surface area (Å²) in [6.07, 6.45) is 2.21. The van der Waals surface area contributed by atoms with Crippen LogP contribution in [-0.2, 0) is 0 Å².